The monoisotopic (exact) mass is 239 g/mol. The highest BCUT2D eigenvalue weighted by Crippen LogP contribution is 2.39. The van der Waals surface area contributed by atoms with Crippen molar-refractivity contribution in [2.24, 2.45) is 5.73 Å². The van der Waals surface area contributed by atoms with Crippen LogP contribution in [-0.2, 0) is 0 Å². The molecule has 2 heteroatoms. The van der Waals surface area contributed by atoms with Crippen molar-refractivity contribution >= 4 is 0 Å². The highest BCUT2D eigenvalue weighted by molar-refractivity contribution is 5.41. The summed E-state index contributed by atoms with van der Waals surface area (Å²) in [6.07, 6.45) is 0.900. The quantitative estimate of drug-likeness (QED) is 0.826. The van der Waals surface area contributed by atoms with Crippen LogP contribution in [0.2, 0.25) is 0 Å². The van der Waals surface area contributed by atoms with E-state index in [4.69, 9.17) is 10.5 Å². The molecule has 0 radical (unpaired) electrons. The van der Waals surface area contributed by atoms with Crippen LogP contribution >= 0.6 is 0 Å². The van der Waals surface area contributed by atoms with Gasteiger partial charge in [0, 0.05) is 18.0 Å². The Hall–Kier alpha value is -1.80. The molecule has 0 amide bonds. The molecule has 0 saturated heterocycles. The lowest BCUT2D eigenvalue weighted by Crippen LogP contribution is -2.24. The third kappa shape index (κ3) is 2.00. The lowest BCUT2D eigenvalue weighted by atomic mass is 9.93. The van der Waals surface area contributed by atoms with Gasteiger partial charge in [-0.05, 0) is 18.6 Å². The van der Waals surface area contributed by atoms with Crippen LogP contribution in [0.15, 0.2) is 48.5 Å². The molecule has 2 N–H and O–H groups in total. The molecule has 0 aliphatic carbocycles. The fraction of sp³-hybridized carbons (Fsp3) is 0.250. The Morgan fingerprint density at radius 2 is 1.89 bits per heavy atom. The first-order chi connectivity index (χ1) is 8.74. The van der Waals surface area contributed by atoms with Crippen LogP contribution in [0.5, 0.6) is 5.75 Å². The summed E-state index contributed by atoms with van der Waals surface area (Å²) in [5.74, 6) is 0.924. The summed E-state index contributed by atoms with van der Waals surface area (Å²) >= 11 is 0. The molecule has 0 spiro atoms. The zero-order valence-corrected chi connectivity index (χ0v) is 10.5. The lowest BCUT2D eigenvalue weighted by molar-refractivity contribution is 0.161. The molecule has 2 nitrogen and oxygen atoms in total. The summed E-state index contributed by atoms with van der Waals surface area (Å²) in [4.78, 5) is 0. The molecule has 2 atom stereocenters. The Bertz CT molecular complexity index is 550. The fourth-order valence-electron chi connectivity index (χ4n) is 2.50. The molecular formula is C16H17NO. The molecule has 1 heterocycles. The van der Waals surface area contributed by atoms with E-state index in [-0.39, 0.29) is 12.1 Å². The van der Waals surface area contributed by atoms with Crippen LogP contribution < -0.4 is 10.5 Å². The maximum atomic E-state index is 6.26. The van der Waals surface area contributed by atoms with Crippen molar-refractivity contribution in [2.75, 3.05) is 0 Å². The van der Waals surface area contributed by atoms with Crippen LogP contribution in [0, 0.1) is 6.92 Å². The van der Waals surface area contributed by atoms with Gasteiger partial charge in [0.25, 0.3) is 0 Å². The second kappa shape index (κ2) is 4.46. The molecule has 1 unspecified atom stereocenters. The number of nitrogens with two attached hydrogens (primary N) is 1. The predicted molar refractivity (Wildman–Crippen MR) is 72.5 cm³/mol. The first-order valence-electron chi connectivity index (χ1n) is 6.32. The zero-order valence-electron chi connectivity index (χ0n) is 10.5. The van der Waals surface area contributed by atoms with Crippen LogP contribution in [0.3, 0.4) is 0 Å². The molecule has 1 aliphatic rings. The summed E-state index contributed by atoms with van der Waals surface area (Å²) < 4.78 is 6.06. The molecular weight excluding hydrogens is 222 g/mol. The van der Waals surface area contributed by atoms with E-state index >= 15 is 0 Å². The third-order valence-electron chi connectivity index (χ3n) is 3.47. The van der Waals surface area contributed by atoms with E-state index in [0.29, 0.717) is 0 Å². The van der Waals surface area contributed by atoms with Crippen LogP contribution in [0.1, 0.15) is 35.3 Å². The molecule has 2 aromatic carbocycles. The maximum absolute atomic E-state index is 6.26. The summed E-state index contributed by atoms with van der Waals surface area (Å²) in [6, 6.07) is 16.6. The molecule has 3 rings (SSSR count). The van der Waals surface area contributed by atoms with E-state index in [1.165, 1.54) is 11.1 Å². The minimum absolute atomic E-state index is 0.0545. The average Bonchev–Trinajstić information content (AvgIpc) is 2.40. The van der Waals surface area contributed by atoms with Crippen molar-refractivity contribution < 1.29 is 4.74 Å². The minimum atomic E-state index is 0.0545. The van der Waals surface area contributed by atoms with Gasteiger partial charge in [0.05, 0.1) is 0 Å². The zero-order chi connectivity index (χ0) is 12.5. The van der Waals surface area contributed by atoms with Crippen LogP contribution in [0.25, 0.3) is 0 Å². The SMILES string of the molecule is Cc1ccc2c(c1)[C@@H](N)CC(c1ccccc1)O2. The number of rotatable bonds is 1. The van der Waals surface area contributed by atoms with Gasteiger partial charge in [-0.1, -0.05) is 48.0 Å². The van der Waals surface area contributed by atoms with Gasteiger partial charge in [0.1, 0.15) is 11.9 Å². The van der Waals surface area contributed by atoms with Crippen molar-refractivity contribution in [3.8, 4) is 5.75 Å². The smallest absolute Gasteiger partial charge is 0.126 e. The Labute approximate surface area is 107 Å². The van der Waals surface area contributed by atoms with Crippen molar-refractivity contribution in [3.05, 3.63) is 65.2 Å². The molecule has 0 bridgehead atoms. The van der Waals surface area contributed by atoms with Gasteiger partial charge in [0.15, 0.2) is 0 Å². The minimum Gasteiger partial charge on any atom is -0.485 e. The molecule has 18 heavy (non-hydrogen) atoms. The van der Waals surface area contributed by atoms with E-state index in [0.717, 1.165) is 17.7 Å². The Morgan fingerprint density at radius 3 is 2.67 bits per heavy atom. The molecule has 92 valence electrons. The number of hydrogen-bond acceptors (Lipinski definition) is 2. The van der Waals surface area contributed by atoms with Crippen LogP contribution in [-0.4, -0.2) is 0 Å². The summed E-state index contributed by atoms with van der Waals surface area (Å²) in [6.45, 7) is 2.08. The second-order valence-corrected chi connectivity index (χ2v) is 4.90. The van der Waals surface area contributed by atoms with Crippen molar-refractivity contribution in [3.63, 3.8) is 0 Å². The van der Waals surface area contributed by atoms with Gasteiger partial charge in [-0.15, -0.1) is 0 Å². The van der Waals surface area contributed by atoms with Crippen molar-refractivity contribution in [1.82, 2.24) is 0 Å². The van der Waals surface area contributed by atoms with E-state index < -0.39 is 0 Å². The Morgan fingerprint density at radius 1 is 1.11 bits per heavy atom. The number of ether oxygens (including phenoxy) is 1. The number of hydrogen-bond donors (Lipinski definition) is 1. The number of fused-ring (bicyclic) bond motifs is 1. The van der Waals surface area contributed by atoms with Gasteiger partial charge in [-0.25, -0.2) is 0 Å². The van der Waals surface area contributed by atoms with Crippen molar-refractivity contribution in [2.45, 2.75) is 25.5 Å². The maximum Gasteiger partial charge on any atom is 0.126 e. The first-order valence-corrected chi connectivity index (χ1v) is 6.32. The van der Waals surface area contributed by atoms with E-state index in [1.807, 2.05) is 24.3 Å². The Kier molecular flexibility index (Phi) is 2.80. The van der Waals surface area contributed by atoms with E-state index in [1.54, 1.807) is 0 Å². The van der Waals surface area contributed by atoms with Crippen molar-refractivity contribution in [1.29, 1.82) is 0 Å². The van der Waals surface area contributed by atoms with Gasteiger partial charge in [-0.2, -0.15) is 0 Å². The number of benzene rings is 2. The lowest BCUT2D eigenvalue weighted by Gasteiger charge is -2.30. The topological polar surface area (TPSA) is 35.2 Å². The van der Waals surface area contributed by atoms with Crippen LogP contribution in [0.4, 0.5) is 0 Å². The van der Waals surface area contributed by atoms with Gasteiger partial charge >= 0.3 is 0 Å². The normalized spacial score (nSPS) is 22.1. The van der Waals surface area contributed by atoms with E-state index in [2.05, 4.69) is 31.2 Å². The summed E-state index contributed by atoms with van der Waals surface area (Å²) in [5, 5.41) is 0. The summed E-state index contributed by atoms with van der Waals surface area (Å²) in [7, 11) is 0. The molecule has 1 aliphatic heterocycles. The number of aryl methyl sites for hydroxylation is 1. The van der Waals surface area contributed by atoms with Gasteiger partial charge in [0.2, 0.25) is 0 Å². The molecule has 2 aromatic rings. The highest BCUT2D eigenvalue weighted by Gasteiger charge is 2.26. The standard InChI is InChI=1S/C16H17NO/c1-11-7-8-15-13(9-11)14(17)10-16(18-15)12-5-3-2-4-6-12/h2-9,14,16H,10,17H2,1H3/t14-,16?/m0/s1. The molecule has 0 fully saturated rings. The third-order valence-corrected chi connectivity index (χ3v) is 3.47. The first kappa shape index (κ1) is 11.3. The Balaban J connectivity index is 1.95. The predicted octanol–water partition coefficient (Wildman–Crippen LogP) is 3.52. The highest BCUT2D eigenvalue weighted by atomic mass is 16.5. The fourth-order valence-corrected chi connectivity index (χ4v) is 2.50. The molecule has 0 saturated carbocycles. The van der Waals surface area contributed by atoms with Gasteiger partial charge < -0.3 is 10.5 Å². The largest absolute Gasteiger partial charge is 0.485 e. The molecule has 0 aromatic heterocycles. The second-order valence-electron chi connectivity index (χ2n) is 4.90. The van der Waals surface area contributed by atoms with E-state index in [9.17, 15) is 0 Å². The summed E-state index contributed by atoms with van der Waals surface area (Å²) in [5.41, 5.74) is 9.81. The average molecular weight is 239 g/mol. The van der Waals surface area contributed by atoms with Gasteiger partial charge in [-0.3, -0.25) is 0 Å².